The van der Waals surface area contributed by atoms with Crippen molar-refractivity contribution in [2.75, 3.05) is 6.61 Å². The van der Waals surface area contributed by atoms with Crippen LogP contribution >= 0.6 is 27.3 Å². The van der Waals surface area contributed by atoms with E-state index in [2.05, 4.69) is 20.7 Å². The van der Waals surface area contributed by atoms with Gasteiger partial charge in [0.05, 0.1) is 3.79 Å². The zero-order chi connectivity index (χ0) is 8.97. The molecule has 0 fully saturated rings. The molecule has 62 valence electrons. The van der Waals surface area contributed by atoms with Crippen LogP contribution in [0.5, 0.6) is 0 Å². The number of rotatable bonds is 2. The minimum atomic E-state index is -0.452. The number of carbonyl (C=O) groups is 1. The third-order valence-corrected chi connectivity index (χ3v) is 2.65. The van der Waals surface area contributed by atoms with Crippen LogP contribution in [0.25, 0.3) is 0 Å². The molecule has 0 saturated heterocycles. The minimum Gasteiger partial charge on any atom is -0.446 e. The van der Waals surface area contributed by atoms with Crippen LogP contribution in [0.1, 0.15) is 9.67 Å². The molecule has 1 aromatic rings. The summed E-state index contributed by atoms with van der Waals surface area (Å²) in [5.41, 5.74) is 0. The van der Waals surface area contributed by atoms with E-state index in [0.29, 0.717) is 4.88 Å². The zero-order valence-corrected chi connectivity index (χ0v) is 8.31. The van der Waals surface area contributed by atoms with E-state index in [1.54, 1.807) is 18.2 Å². The molecule has 0 aliphatic rings. The van der Waals surface area contributed by atoms with Gasteiger partial charge >= 0.3 is 5.97 Å². The maximum Gasteiger partial charge on any atom is 0.349 e. The molecule has 0 radical (unpaired) electrons. The Hall–Kier alpha value is -0.860. The molecule has 0 amide bonds. The molecular formula is C7H4BrNO2S. The Morgan fingerprint density at radius 3 is 3.00 bits per heavy atom. The van der Waals surface area contributed by atoms with E-state index in [1.807, 2.05) is 0 Å². The highest BCUT2D eigenvalue weighted by atomic mass is 79.9. The summed E-state index contributed by atoms with van der Waals surface area (Å²) in [5, 5.41) is 8.13. The predicted molar refractivity (Wildman–Crippen MR) is 47.9 cm³/mol. The van der Waals surface area contributed by atoms with Gasteiger partial charge in [0.25, 0.3) is 0 Å². The number of halogens is 1. The molecule has 5 heteroatoms. The fourth-order valence-electron chi connectivity index (χ4n) is 0.593. The van der Waals surface area contributed by atoms with E-state index < -0.39 is 5.97 Å². The topological polar surface area (TPSA) is 50.1 Å². The van der Waals surface area contributed by atoms with E-state index in [9.17, 15) is 4.79 Å². The molecule has 0 unspecified atom stereocenters. The van der Waals surface area contributed by atoms with Crippen LogP contribution < -0.4 is 0 Å². The summed E-state index contributed by atoms with van der Waals surface area (Å²) in [5.74, 6) is -0.452. The third kappa shape index (κ3) is 2.32. The highest BCUT2D eigenvalue weighted by Gasteiger charge is 2.08. The first-order valence-electron chi connectivity index (χ1n) is 3.03. The van der Waals surface area contributed by atoms with Crippen molar-refractivity contribution in [3.05, 3.63) is 20.8 Å². The summed E-state index contributed by atoms with van der Waals surface area (Å²) < 4.78 is 5.45. The van der Waals surface area contributed by atoms with Crippen molar-refractivity contribution < 1.29 is 9.53 Å². The van der Waals surface area contributed by atoms with Crippen LogP contribution in [0.3, 0.4) is 0 Å². The maximum atomic E-state index is 11.0. The number of thiophene rings is 1. The van der Waals surface area contributed by atoms with Crippen molar-refractivity contribution in [2.24, 2.45) is 0 Å². The lowest BCUT2D eigenvalue weighted by atomic mass is 10.5. The number of carbonyl (C=O) groups excluding carboxylic acids is 1. The maximum absolute atomic E-state index is 11.0. The second-order valence-electron chi connectivity index (χ2n) is 1.84. The van der Waals surface area contributed by atoms with E-state index in [0.717, 1.165) is 3.79 Å². The highest BCUT2D eigenvalue weighted by Crippen LogP contribution is 2.22. The molecule has 0 aliphatic carbocycles. The molecule has 1 rings (SSSR count). The van der Waals surface area contributed by atoms with E-state index in [1.165, 1.54) is 11.3 Å². The first kappa shape index (κ1) is 9.23. The summed E-state index contributed by atoms with van der Waals surface area (Å²) in [6.45, 7) is -0.200. The van der Waals surface area contributed by atoms with Crippen LogP contribution in [0.4, 0.5) is 0 Å². The lowest BCUT2D eigenvalue weighted by Crippen LogP contribution is -2.02. The average Bonchev–Trinajstić information content (AvgIpc) is 2.47. The number of ether oxygens (including phenoxy) is 1. The Morgan fingerprint density at radius 2 is 2.50 bits per heavy atom. The van der Waals surface area contributed by atoms with Crippen molar-refractivity contribution in [1.82, 2.24) is 0 Å². The first-order valence-corrected chi connectivity index (χ1v) is 4.64. The van der Waals surface area contributed by atoms with Gasteiger partial charge in [0.15, 0.2) is 6.61 Å². The second-order valence-corrected chi connectivity index (χ2v) is 4.30. The molecule has 1 aromatic heterocycles. The Morgan fingerprint density at radius 1 is 1.75 bits per heavy atom. The Balaban J connectivity index is 2.61. The van der Waals surface area contributed by atoms with Crippen molar-refractivity contribution in [3.8, 4) is 6.07 Å². The summed E-state index contributed by atoms with van der Waals surface area (Å²) in [4.78, 5) is 11.5. The molecule has 0 spiro atoms. The standard InChI is InChI=1S/C7H4BrNO2S/c8-6-2-1-5(12-6)7(10)11-4-3-9/h1-2H,4H2. The number of nitrogens with zero attached hydrogens (tertiary/aromatic N) is 1. The molecule has 0 aliphatic heterocycles. The second kappa shape index (κ2) is 4.24. The molecule has 12 heavy (non-hydrogen) atoms. The lowest BCUT2D eigenvalue weighted by Gasteiger charge is -1.94. The predicted octanol–water partition coefficient (Wildman–Crippen LogP) is 2.19. The van der Waals surface area contributed by atoms with Crippen molar-refractivity contribution in [1.29, 1.82) is 5.26 Å². The van der Waals surface area contributed by atoms with E-state index in [4.69, 9.17) is 5.26 Å². The summed E-state index contributed by atoms with van der Waals surface area (Å²) in [6.07, 6.45) is 0. The van der Waals surface area contributed by atoms with Crippen molar-refractivity contribution >= 4 is 33.2 Å². The van der Waals surface area contributed by atoms with Gasteiger partial charge in [-0.1, -0.05) is 0 Å². The smallest absolute Gasteiger partial charge is 0.349 e. The van der Waals surface area contributed by atoms with Gasteiger partial charge in [0.2, 0.25) is 0 Å². The number of hydrogen-bond donors (Lipinski definition) is 0. The van der Waals surface area contributed by atoms with E-state index in [-0.39, 0.29) is 6.61 Å². The van der Waals surface area contributed by atoms with Crippen molar-refractivity contribution in [2.45, 2.75) is 0 Å². The zero-order valence-electron chi connectivity index (χ0n) is 5.91. The molecule has 0 bridgehead atoms. The SMILES string of the molecule is N#CCOC(=O)c1ccc(Br)s1. The minimum absolute atomic E-state index is 0.200. The van der Waals surface area contributed by atoms with Crippen LogP contribution in [0.2, 0.25) is 0 Å². The van der Waals surface area contributed by atoms with Gasteiger partial charge in [-0.2, -0.15) is 5.26 Å². The lowest BCUT2D eigenvalue weighted by molar-refractivity contribution is 0.0560. The Labute approximate surface area is 81.7 Å². The largest absolute Gasteiger partial charge is 0.446 e. The van der Waals surface area contributed by atoms with Crippen molar-refractivity contribution in [3.63, 3.8) is 0 Å². The average molecular weight is 246 g/mol. The molecule has 3 nitrogen and oxygen atoms in total. The van der Waals surface area contributed by atoms with Gasteiger partial charge in [0, 0.05) is 0 Å². The fourth-order valence-corrected chi connectivity index (χ4v) is 1.87. The van der Waals surface area contributed by atoms with Crippen LogP contribution in [-0.4, -0.2) is 12.6 Å². The number of hydrogen-bond acceptors (Lipinski definition) is 4. The van der Waals surface area contributed by atoms with Crippen LogP contribution in [0, 0.1) is 11.3 Å². The van der Waals surface area contributed by atoms with E-state index >= 15 is 0 Å². The Kier molecular flexibility index (Phi) is 3.26. The highest BCUT2D eigenvalue weighted by molar-refractivity contribution is 9.11. The van der Waals surface area contributed by atoms with Gasteiger partial charge < -0.3 is 4.74 Å². The van der Waals surface area contributed by atoms with Gasteiger partial charge in [-0.05, 0) is 28.1 Å². The molecule has 0 aromatic carbocycles. The monoisotopic (exact) mass is 245 g/mol. The van der Waals surface area contributed by atoms with Crippen LogP contribution in [-0.2, 0) is 4.74 Å². The molecule has 1 heterocycles. The Bertz CT molecular complexity index is 328. The fraction of sp³-hybridized carbons (Fsp3) is 0.143. The summed E-state index contributed by atoms with van der Waals surface area (Å²) in [6, 6.07) is 5.13. The van der Waals surface area contributed by atoms with Gasteiger partial charge in [-0.3, -0.25) is 0 Å². The number of nitriles is 1. The molecule has 0 N–H and O–H groups in total. The quantitative estimate of drug-likeness (QED) is 0.751. The molecule has 0 saturated carbocycles. The number of esters is 1. The first-order chi connectivity index (χ1) is 5.74. The summed E-state index contributed by atoms with van der Waals surface area (Å²) >= 11 is 4.49. The molecular weight excluding hydrogens is 242 g/mol. The van der Waals surface area contributed by atoms with Gasteiger partial charge in [0.1, 0.15) is 10.9 Å². The van der Waals surface area contributed by atoms with Gasteiger partial charge in [-0.25, -0.2) is 4.79 Å². The summed E-state index contributed by atoms with van der Waals surface area (Å²) in [7, 11) is 0. The third-order valence-electron chi connectivity index (χ3n) is 1.04. The van der Waals surface area contributed by atoms with Gasteiger partial charge in [-0.15, -0.1) is 11.3 Å². The molecule has 0 atom stereocenters. The van der Waals surface area contributed by atoms with Crippen LogP contribution in [0.15, 0.2) is 15.9 Å². The normalized spacial score (nSPS) is 9.00.